The van der Waals surface area contributed by atoms with Crippen LogP contribution in [0.3, 0.4) is 0 Å². The number of anilines is 1. The minimum Gasteiger partial charge on any atom is -0.493 e. The molecule has 0 spiro atoms. The number of carbonyl (C=O) groups excluding carboxylic acids is 1. The smallest absolute Gasteiger partial charge is 0.252 e. The van der Waals surface area contributed by atoms with E-state index in [0.717, 1.165) is 34.3 Å². The quantitative estimate of drug-likeness (QED) is 0.381. The number of nitrogens with zero attached hydrogens (tertiary/aromatic N) is 3. The Kier molecular flexibility index (Phi) is 8.52. The van der Waals surface area contributed by atoms with Crippen LogP contribution in [0.1, 0.15) is 23.1 Å². The minimum absolute atomic E-state index is 0.124. The van der Waals surface area contributed by atoms with Crippen LogP contribution in [0.5, 0.6) is 17.2 Å². The molecule has 3 rings (SSSR count). The molecule has 0 atom stereocenters. The maximum Gasteiger partial charge on any atom is 0.252 e. The van der Waals surface area contributed by atoms with E-state index < -0.39 is 0 Å². The number of rotatable bonds is 10. The highest BCUT2D eigenvalue weighted by atomic mass is 32.1. The number of aryl methyl sites for hydroxylation is 2. The van der Waals surface area contributed by atoms with Gasteiger partial charge in [0.25, 0.3) is 5.91 Å². The van der Waals surface area contributed by atoms with Crippen LogP contribution in [0, 0.1) is 13.8 Å². The third-order valence-electron chi connectivity index (χ3n) is 5.66. The number of carbonyl (C=O) groups is 1. The summed E-state index contributed by atoms with van der Waals surface area (Å²) < 4.78 is 17.3. The lowest BCUT2D eigenvalue weighted by Gasteiger charge is -2.19. The molecule has 0 aliphatic heterocycles. The molecule has 34 heavy (non-hydrogen) atoms. The largest absolute Gasteiger partial charge is 0.493 e. The minimum atomic E-state index is -0.124. The summed E-state index contributed by atoms with van der Waals surface area (Å²) in [6.07, 6.45) is 4.17. The van der Waals surface area contributed by atoms with E-state index in [1.165, 1.54) is 5.56 Å². The number of hydrogen-bond donors (Lipinski definition) is 0. The fourth-order valence-electron chi connectivity index (χ4n) is 3.63. The second-order valence-corrected chi connectivity index (χ2v) is 9.30. The number of thiazole rings is 1. The normalized spacial score (nSPS) is 11.4. The summed E-state index contributed by atoms with van der Waals surface area (Å²) in [5, 5.41) is 0.710. The molecule has 182 valence electrons. The molecule has 7 nitrogen and oxygen atoms in total. The SMILES string of the molecule is COc1cc(/C=C/C(=O)N(CCCN(C)C)c2nc3c(C)c(C)ccc3s2)cc(OC)c1OC. The Balaban J connectivity index is 1.93. The van der Waals surface area contributed by atoms with Crippen LogP contribution in [0.4, 0.5) is 5.13 Å². The molecule has 1 amide bonds. The van der Waals surface area contributed by atoms with Crippen molar-refractivity contribution in [3.8, 4) is 17.2 Å². The molecule has 0 N–H and O–H groups in total. The Morgan fingerprint density at radius 3 is 2.29 bits per heavy atom. The summed E-state index contributed by atoms with van der Waals surface area (Å²) in [6.45, 7) is 5.61. The lowest BCUT2D eigenvalue weighted by molar-refractivity contribution is -0.114. The van der Waals surface area contributed by atoms with Crippen LogP contribution in [-0.2, 0) is 4.79 Å². The second kappa shape index (κ2) is 11.4. The number of benzene rings is 2. The van der Waals surface area contributed by atoms with Crippen LogP contribution < -0.4 is 19.1 Å². The molecule has 0 unspecified atom stereocenters. The molecular formula is C26H33N3O4S. The van der Waals surface area contributed by atoms with Gasteiger partial charge in [0.15, 0.2) is 16.6 Å². The van der Waals surface area contributed by atoms with E-state index in [2.05, 4.69) is 30.9 Å². The molecule has 1 heterocycles. The lowest BCUT2D eigenvalue weighted by atomic mass is 10.1. The van der Waals surface area contributed by atoms with Gasteiger partial charge in [0.05, 0.1) is 31.5 Å². The summed E-state index contributed by atoms with van der Waals surface area (Å²) in [4.78, 5) is 22.1. The van der Waals surface area contributed by atoms with Crippen molar-refractivity contribution in [2.45, 2.75) is 20.3 Å². The number of hydrogen-bond acceptors (Lipinski definition) is 7. The van der Waals surface area contributed by atoms with Crippen molar-refractivity contribution in [2.75, 3.05) is 53.4 Å². The van der Waals surface area contributed by atoms with Gasteiger partial charge in [-0.05, 0) is 81.9 Å². The van der Waals surface area contributed by atoms with Crippen LogP contribution in [0.15, 0.2) is 30.3 Å². The van der Waals surface area contributed by atoms with E-state index in [-0.39, 0.29) is 5.91 Å². The second-order valence-electron chi connectivity index (χ2n) is 8.29. The van der Waals surface area contributed by atoms with E-state index in [0.29, 0.717) is 28.9 Å². The topological polar surface area (TPSA) is 64.1 Å². The molecule has 0 aliphatic rings. The van der Waals surface area contributed by atoms with Gasteiger partial charge in [-0.2, -0.15) is 0 Å². The molecule has 1 aromatic heterocycles. The summed E-state index contributed by atoms with van der Waals surface area (Å²) in [5.74, 6) is 1.46. The summed E-state index contributed by atoms with van der Waals surface area (Å²) in [6, 6.07) is 7.80. The van der Waals surface area contributed by atoms with Crippen molar-refractivity contribution in [2.24, 2.45) is 0 Å². The van der Waals surface area contributed by atoms with Crippen LogP contribution in [-0.4, -0.2) is 64.3 Å². The molecule has 3 aromatic rings. The highest BCUT2D eigenvalue weighted by molar-refractivity contribution is 7.22. The Hall–Kier alpha value is -3.10. The van der Waals surface area contributed by atoms with Gasteiger partial charge < -0.3 is 19.1 Å². The summed E-state index contributed by atoms with van der Waals surface area (Å²) in [5.41, 5.74) is 4.07. The summed E-state index contributed by atoms with van der Waals surface area (Å²) >= 11 is 1.54. The fourth-order valence-corrected chi connectivity index (χ4v) is 4.69. The molecule has 0 saturated heterocycles. The van der Waals surface area contributed by atoms with Gasteiger partial charge in [-0.25, -0.2) is 4.98 Å². The predicted octanol–water partition coefficient (Wildman–Crippen LogP) is 4.94. The average Bonchev–Trinajstić information content (AvgIpc) is 3.26. The highest BCUT2D eigenvalue weighted by Crippen LogP contribution is 2.38. The third-order valence-corrected chi connectivity index (χ3v) is 6.71. The van der Waals surface area contributed by atoms with Crippen LogP contribution in [0.25, 0.3) is 16.3 Å². The first kappa shape index (κ1) is 25.5. The summed E-state index contributed by atoms with van der Waals surface area (Å²) in [7, 11) is 8.76. The zero-order chi connectivity index (χ0) is 24.8. The standard InChI is InChI=1S/C26H33N3O4S/c1-17-9-11-22-24(18(17)2)27-26(34-22)29(14-8-13-28(3)4)23(30)12-10-19-15-20(31-5)25(33-7)21(16-19)32-6/h9-12,15-16H,8,13-14H2,1-7H3/b12-10+. The van der Waals surface area contributed by atoms with Gasteiger partial charge in [-0.1, -0.05) is 17.4 Å². The molecule has 0 saturated carbocycles. The number of amides is 1. The third kappa shape index (κ3) is 5.69. The highest BCUT2D eigenvalue weighted by Gasteiger charge is 2.19. The van der Waals surface area contributed by atoms with E-state index in [1.807, 2.05) is 26.2 Å². The van der Waals surface area contributed by atoms with Crippen LogP contribution >= 0.6 is 11.3 Å². The Morgan fingerprint density at radius 2 is 1.71 bits per heavy atom. The maximum atomic E-state index is 13.4. The van der Waals surface area contributed by atoms with Gasteiger partial charge in [-0.15, -0.1) is 0 Å². The van der Waals surface area contributed by atoms with E-state index in [9.17, 15) is 4.79 Å². The van der Waals surface area contributed by atoms with Crippen molar-refractivity contribution < 1.29 is 19.0 Å². The van der Waals surface area contributed by atoms with Crippen molar-refractivity contribution >= 4 is 38.7 Å². The molecule has 8 heteroatoms. The number of aromatic nitrogens is 1. The first-order chi connectivity index (χ1) is 16.3. The van der Waals surface area contributed by atoms with Gasteiger partial charge in [0.1, 0.15) is 0 Å². The lowest BCUT2D eigenvalue weighted by Crippen LogP contribution is -2.32. The number of fused-ring (bicyclic) bond motifs is 1. The van der Waals surface area contributed by atoms with Crippen molar-refractivity contribution in [1.29, 1.82) is 0 Å². The Bertz CT molecular complexity index is 1160. The van der Waals surface area contributed by atoms with Gasteiger partial charge in [0.2, 0.25) is 5.75 Å². The molecule has 0 radical (unpaired) electrons. The average molecular weight is 484 g/mol. The fraction of sp³-hybridized carbons (Fsp3) is 0.385. The zero-order valence-electron chi connectivity index (χ0n) is 21.0. The van der Waals surface area contributed by atoms with Gasteiger partial charge in [0, 0.05) is 12.6 Å². The monoisotopic (exact) mass is 483 g/mol. The molecule has 2 aromatic carbocycles. The van der Waals surface area contributed by atoms with Crippen molar-refractivity contribution in [3.63, 3.8) is 0 Å². The molecular weight excluding hydrogens is 450 g/mol. The van der Waals surface area contributed by atoms with Crippen molar-refractivity contribution in [1.82, 2.24) is 9.88 Å². The Morgan fingerprint density at radius 1 is 1.03 bits per heavy atom. The predicted molar refractivity (Wildman–Crippen MR) is 140 cm³/mol. The van der Waals surface area contributed by atoms with E-state index >= 15 is 0 Å². The maximum absolute atomic E-state index is 13.4. The van der Waals surface area contributed by atoms with Gasteiger partial charge in [-0.3, -0.25) is 9.69 Å². The Labute approximate surface area is 205 Å². The van der Waals surface area contributed by atoms with Gasteiger partial charge >= 0.3 is 0 Å². The van der Waals surface area contributed by atoms with Crippen LogP contribution in [0.2, 0.25) is 0 Å². The van der Waals surface area contributed by atoms with Crippen molar-refractivity contribution in [3.05, 3.63) is 47.0 Å². The van der Waals surface area contributed by atoms with E-state index in [1.54, 1.807) is 49.7 Å². The zero-order valence-corrected chi connectivity index (χ0v) is 21.8. The first-order valence-corrected chi connectivity index (χ1v) is 11.9. The number of ether oxygens (including phenoxy) is 3. The molecule has 0 fully saturated rings. The number of methoxy groups -OCH3 is 3. The molecule has 0 bridgehead atoms. The molecule has 0 aliphatic carbocycles. The van der Waals surface area contributed by atoms with E-state index in [4.69, 9.17) is 19.2 Å². The first-order valence-electron chi connectivity index (χ1n) is 11.1.